The van der Waals surface area contributed by atoms with Crippen LogP contribution in [0.2, 0.25) is 0 Å². The summed E-state index contributed by atoms with van der Waals surface area (Å²) in [5.41, 5.74) is 6.33. The van der Waals surface area contributed by atoms with Crippen molar-refractivity contribution in [2.45, 2.75) is 12.5 Å². The minimum Gasteiger partial charge on any atom is -0.871 e. The van der Waals surface area contributed by atoms with Gasteiger partial charge >= 0.3 is 59.1 Å². The molecule has 0 radical (unpaired) electrons. The van der Waals surface area contributed by atoms with E-state index in [0.717, 1.165) is 12.7 Å². The first-order valence-corrected chi connectivity index (χ1v) is 10.8. The molecule has 0 spiro atoms. The molecule has 11 heteroatoms. The van der Waals surface area contributed by atoms with Gasteiger partial charge in [-0.2, -0.15) is 0 Å². The average molecular weight is 821 g/mol. The number of ether oxygens (including phenoxy) is 1. The number of hydrogen-bond acceptors (Lipinski definition) is 5. The quantitative estimate of drug-likeness (QED) is 0.251. The molecular formula is C15H9I4NNa2O4. The molecule has 0 aliphatic rings. The molecule has 2 aromatic carbocycles. The fraction of sp³-hybridized carbons (Fsp3) is 0.133. The molecule has 0 aromatic heterocycles. The van der Waals surface area contributed by atoms with Crippen molar-refractivity contribution < 1.29 is 78.9 Å². The molecule has 0 heterocycles. The number of nitrogens with two attached hydrogens (primary N) is 1. The number of carboxylic acids is 1. The number of rotatable bonds is 5. The molecule has 0 amide bonds. The van der Waals surface area contributed by atoms with Crippen molar-refractivity contribution in [2.75, 3.05) is 0 Å². The van der Waals surface area contributed by atoms with Gasteiger partial charge in [-0.15, -0.1) is 0 Å². The van der Waals surface area contributed by atoms with Gasteiger partial charge in [-0.1, -0.05) is 5.75 Å². The van der Waals surface area contributed by atoms with Gasteiger partial charge in [0, 0.05) is 13.2 Å². The SMILES string of the molecule is N[C@@H](Cc1cc(I)c(Oc2cc(I)c([O-])c(I)c2)c(I)c1)C(=O)[O-].[Na+].[Na+]. The Bertz CT molecular complexity index is 761. The summed E-state index contributed by atoms with van der Waals surface area (Å²) in [6.07, 6.45) is 0.190. The zero-order valence-electron chi connectivity index (χ0n) is 13.8. The zero-order chi connectivity index (χ0) is 18.0. The Morgan fingerprint density at radius 1 is 1.00 bits per heavy atom. The minimum absolute atomic E-state index is 0. The average Bonchev–Trinajstić information content (AvgIpc) is 2.48. The summed E-state index contributed by atoms with van der Waals surface area (Å²) in [6, 6.07) is 6.00. The van der Waals surface area contributed by atoms with E-state index in [1.165, 1.54) is 0 Å². The van der Waals surface area contributed by atoms with Gasteiger partial charge in [-0.05, 0) is 127 Å². The molecule has 5 nitrogen and oxygen atoms in total. The van der Waals surface area contributed by atoms with Crippen molar-refractivity contribution in [2.24, 2.45) is 5.73 Å². The second-order valence-electron chi connectivity index (χ2n) is 4.84. The summed E-state index contributed by atoms with van der Waals surface area (Å²) in [6.45, 7) is 0. The number of carboxylic acid groups (broad SMARTS) is 1. The maximum Gasteiger partial charge on any atom is 1.00 e. The predicted molar refractivity (Wildman–Crippen MR) is 120 cm³/mol. The van der Waals surface area contributed by atoms with E-state index in [9.17, 15) is 15.0 Å². The largest absolute Gasteiger partial charge is 1.00 e. The van der Waals surface area contributed by atoms with E-state index in [0.29, 0.717) is 18.6 Å². The molecule has 1 atom stereocenters. The van der Waals surface area contributed by atoms with E-state index in [2.05, 4.69) is 45.2 Å². The topological polar surface area (TPSA) is 98.4 Å². The maximum absolute atomic E-state index is 11.8. The van der Waals surface area contributed by atoms with Crippen molar-refractivity contribution in [1.29, 1.82) is 0 Å². The van der Waals surface area contributed by atoms with Gasteiger partial charge in [0.05, 0.1) is 13.1 Å². The van der Waals surface area contributed by atoms with Crippen LogP contribution in [0.5, 0.6) is 17.2 Å². The molecule has 0 unspecified atom stereocenters. The van der Waals surface area contributed by atoms with Gasteiger partial charge in [0.15, 0.2) is 5.75 Å². The molecule has 0 aliphatic heterocycles. The van der Waals surface area contributed by atoms with Crippen molar-refractivity contribution in [1.82, 2.24) is 0 Å². The van der Waals surface area contributed by atoms with E-state index >= 15 is 0 Å². The van der Waals surface area contributed by atoms with Gasteiger partial charge in [-0.3, -0.25) is 0 Å². The summed E-state index contributed by atoms with van der Waals surface area (Å²) in [5, 5.41) is 22.6. The van der Waals surface area contributed by atoms with Gasteiger partial charge in [0.1, 0.15) is 5.75 Å². The van der Waals surface area contributed by atoms with Crippen molar-refractivity contribution in [3.05, 3.63) is 44.1 Å². The van der Waals surface area contributed by atoms with Crippen LogP contribution in [0, 0.1) is 14.3 Å². The summed E-state index contributed by atoms with van der Waals surface area (Å²) in [4.78, 5) is 10.8. The molecule has 0 saturated heterocycles. The van der Waals surface area contributed by atoms with Crippen molar-refractivity contribution >= 4 is 96.3 Å². The van der Waals surface area contributed by atoms with Gasteiger partial charge in [0.25, 0.3) is 0 Å². The molecule has 26 heavy (non-hydrogen) atoms. The number of aliphatic carboxylic acids is 1. The summed E-state index contributed by atoms with van der Waals surface area (Å²) in [5.74, 6) is -0.0487. The molecule has 0 bridgehead atoms. The van der Waals surface area contributed by atoms with Crippen LogP contribution in [0.1, 0.15) is 5.56 Å². The van der Waals surface area contributed by atoms with Crippen LogP contribution in [-0.2, 0) is 11.2 Å². The molecule has 128 valence electrons. The Hall–Kier alpha value is 2.39. The first-order chi connectivity index (χ1) is 11.2. The number of benzene rings is 2. The van der Waals surface area contributed by atoms with Crippen LogP contribution < -0.4 is 79.8 Å². The number of carbonyl (C=O) groups excluding carboxylic acids is 1. The van der Waals surface area contributed by atoms with E-state index in [-0.39, 0.29) is 71.3 Å². The van der Waals surface area contributed by atoms with E-state index in [4.69, 9.17) is 10.5 Å². The maximum atomic E-state index is 11.8. The number of hydrogen-bond donors (Lipinski definition) is 1. The summed E-state index contributed by atoms with van der Waals surface area (Å²) in [7, 11) is 0. The molecule has 0 saturated carbocycles. The molecule has 0 aliphatic carbocycles. The second kappa shape index (κ2) is 12.9. The minimum atomic E-state index is -1.28. The summed E-state index contributed by atoms with van der Waals surface area (Å²) < 4.78 is 8.79. The predicted octanol–water partition coefficient (Wildman–Crippen LogP) is -3.40. The van der Waals surface area contributed by atoms with Gasteiger partial charge in [0.2, 0.25) is 0 Å². The van der Waals surface area contributed by atoms with Crippen LogP contribution in [0.25, 0.3) is 0 Å². The van der Waals surface area contributed by atoms with E-state index in [1.54, 1.807) is 12.1 Å². The Kier molecular flexibility index (Phi) is 14.1. The second-order valence-corrected chi connectivity index (χ2v) is 9.49. The fourth-order valence-corrected chi connectivity index (χ4v) is 5.71. The Morgan fingerprint density at radius 2 is 1.46 bits per heavy atom. The van der Waals surface area contributed by atoms with Crippen LogP contribution >= 0.6 is 90.4 Å². The first-order valence-electron chi connectivity index (χ1n) is 6.47. The van der Waals surface area contributed by atoms with Crippen LogP contribution in [0.15, 0.2) is 24.3 Å². The first kappa shape index (κ1) is 28.4. The van der Waals surface area contributed by atoms with Crippen molar-refractivity contribution in [3.8, 4) is 17.2 Å². The number of halogens is 4. The standard InChI is InChI=1S/C15H11I4NO4.2Na/c16-8-4-7(5-9(17)13(8)21)24-14-10(18)1-6(2-11(14)19)3-12(20)15(22)23;;/h1-2,4-5,12,21H,3,20H2,(H,22,23);;/q;2*+1/p-2/t12-;;/m0../s1. The zero-order valence-corrected chi connectivity index (χ0v) is 26.4. The molecule has 2 aromatic rings. The third kappa shape index (κ3) is 7.91. The van der Waals surface area contributed by atoms with Crippen molar-refractivity contribution in [3.63, 3.8) is 0 Å². The Balaban J connectivity index is 0.00000312. The monoisotopic (exact) mass is 821 g/mol. The van der Waals surface area contributed by atoms with Crippen LogP contribution in [0.3, 0.4) is 0 Å². The van der Waals surface area contributed by atoms with E-state index in [1.807, 2.05) is 57.3 Å². The molecular weight excluding hydrogens is 812 g/mol. The van der Waals surface area contributed by atoms with Crippen LogP contribution in [-0.4, -0.2) is 12.0 Å². The smallest absolute Gasteiger partial charge is 0.871 e. The van der Waals surface area contributed by atoms with Gasteiger partial charge in [-0.25, -0.2) is 0 Å². The number of carbonyl (C=O) groups is 1. The fourth-order valence-electron chi connectivity index (χ4n) is 1.88. The van der Waals surface area contributed by atoms with Gasteiger partial charge < -0.3 is 25.5 Å². The van der Waals surface area contributed by atoms with Crippen LogP contribution in [0.4, 0.5) is 0 Å². The third-order valence-corrected chi connectivity index (χ3v) is 6.21. The third-order valence-electron chi connectivity index (χ3n) is 3.01. The molecule has 2 N–H and O–H groups in total. The Labute approximate surface area is 250 Å². The normalized spacial score (nSPS) is 11.1. The van der Waals surface area contributed by atoms with E-state index < -0.39 is 12.0 Å². The molecule has 2 rings (SSSR count). The molecule has 0 fully saturated rings. The summed E-state index contributed by atoms with van der Waals surface area (Å²) >= 11 is 8.22. The Morgan fingerprint density at radius 3 is 1.88 bits per heavy atom.